The number of hydrogen-bond donors (Lipinski definition) is 1. The first-order valence-corrected chi connectivity index (χ1v) is 14.2. The summed E-state index contributed by atoms with van der Waals surface area (Å²) < 4.78 is 67.7. The predicted molar refractivity (Wildman–Crippen MR) is 139 cm³/mol. The fraction of sp³-hybridized carbons (Fsp3) is 0.565. The molecule has 2 fully saturated rings. The van der Waals surface area contributed by atoms with Crippen molar-refractivity contribution in [3.05, 3.63) is 30.4 Å². The molecule has 0 spiro atoms. The van der Waals surface area contributed by atoms with Gasteiger partial charge in [-0.25, -0.2) is 22.8 Å². The third-order valence-corrected chi connectivity index (χ3v) is 8.30. The minimum absolute atomic E-state index is 0.0400. The van der Waals surface area contributed by atoms with Crippen molar-refractivity contribution in [3.8, 4) is 17.4 Å². The maximum absolute atomic E-state index is 13.9. The van der Waals surface area contributed by atoms with Gasteiger partial charge in [0.1, 0.15) is 17.7 Å². The molecule has 2 aliphatic heterocycles. The van der Waals surface area contributed by atoms with Gasteiger partial charge in [0.25, 0.3) is 0 Å². The highest BCUT2D eigenvalue weighted by atomic mass is 32.2. The van der Waals surface area contributed by atoms with E-state index >= 15 is 0 Å². The average Bonchev–Trinajstić information content (AvgIpc) is 3.63. The molecule has 5 rings (SSSR count). The quantitative estimate of drug-likeness (QED) is 0.365. The van der Waals surface area contributed by atoms with Crippen LogP contribution in [-0.4, -0.2) is 95.0 Å². The van der Waals surface area contributed by atoms with Crippen molar-refractivity contribution in [2.75, 3.05) is 50.1 Å². The summed E-state index contributed by atoms with van der Waals surface area (Å²) in [5.74, 6) is 0.0923. The van der Waals surface area contributed by atoms with Crippen molar-refractivity contribution in [1.82, 2.24) is 34.7 Å². The van der Waals surface area contributed by atoms with Gasteiger partial charge < -0.3 is 23.8 Å². The molecule has 3 atom stereocenters. The smallest absolute Gasteiger partial charge is 0.245 e. The van der Waals surface area contributed by atoms with Crippen molar-refractivity contribution in [3.63, 3.8) is 0 Å². The van der Waals surface area contributed by atoms with E-state index in [0.29, 0.717) is 32.0 Å². The molecule has 5 heterocycles. The second-order valence-corrected chi connectivity index (χ2v) is 11.1. The van der Waals surface area contributed by atoms with Gasteiger partial charge in [-0.3, -0.25) is 9.29 Å². The lowest BCUT2D eigenvalue weighted by atomic mass is 10.1. The zero-order valence-electron chi connectivity index (χ0n) is 22.2. The van der Waals surface area contributed by atoms with E-state index in [4.69, 9.17) is 18.9 Å². The Labute approximate surface area is 230 Å². The molecule has 0 aromatic carbocycles. The summed E-state index contributed by atoms with van der Waals surface area (Å²) in [4.78, 5) is 18.0. The molecule has 2 aliphatic rings. The van der Waals surface area contributed by atoms with E-state index in [0.717, 1.165) is 18.8 Å². The average molecular weight is 580 g/mol. The maximum atomic E-state index is 13.9. The van der Waals surface area contributed by atoms with Crippen LogP contribution in [0.15, 0.2) is 18.7 Å². The number of halogens is 1. The summed E-state index contributed by atoms with van der Waals surface area (Å²) in [5.41, 5.74) is 0.220. The molecule has 0 radical (unpaired) electrons. The van der Waals surface area contributed by atoms with Crippen molar-refractivity contribution < 1.29 is 31.8 Å². The summed E-state index contributed by atoms with van der Waals surface area (Å²) in [5, 5.41) is 7.49. The number of methoxy groups -OCH3 is 2. The number of piperidine rings is 1. The lowest BCUT2D eigenvalue weighted by Gasteiger charge is -2.37. The first kappa shape index (κ1) is 27.9. The molecular weight excluding hydrogens is 549 g/mol. The molecule has 2 saturated heterocycles. The number of nitrogens with zero attached hydrogens (tertiary/aromatic N) is 8. The van der Waals surface area contributed by atoms with Crippen LogP contribution in [0.25, 0.3) is 5.69 Å². The Morgan fingerprint density at radius 1 is 1.10 bits per heavy atom. The Bertz CT molecular complexity index is 1400. The highest BCUT2D eigenvalue weighted by molar-refractivity contribution is 7.93. The Morgan fingerprint density at radius 2 is 1.82 bits per heavy atom. The number of hydrogen-bond acceptors (Lipinski definition) is 13. The number of nitrogens with one attached hydrogen (secondary N) is 1. The third-order valence-electron chi connectivity index (χ3n) is 6.61. The molecular formula is C23H30FN9O6S. The van der Waals surface area contributed by atoms with Crippen molar-refractivity contribution in [2.45, 2.75) is 43.6 Å². The molecule has 0 unspecified atom stereocenters. The summed E-state index contributed by atoms with van der Waals surface area (Å²) in [6.45, 7) is 3.13. The SMILES string of the molecule is CCO[C@H]1C[C@@H](S(=O)(=O)Nc2nnc([C@H]3CCCO3)n2-c2c(OC)ncnc2OC)CN(c2ncc(F)cn2)C1. The van der Waals surface area contributed by atoms with Crippen LogP contribution in [0, 0.1) is 5.82 Å². The van der Waals surface area contributed by atoms with E-state index in [1.165, 1.54) is 25.1 Å². The van der Waals surface area contributed by atoms with Crippen LogP contribution in [0.2, 0.25) is 0 Å². The monoisotopic (exact) mass is 579 g/mol. The second kappa shape index (κ2) is 11.8. The molecule has 40 heavy (non-hydrogen) atoms. The molecule has 15 nitrogen and oxygen atoms in total. The molecule has 0 saturated carbocycles. The van der Waals surface area contributed by atoms with Crippen LogP contribution in [0.5, 0.6) is 11.8 Å². The highest BCUT2D eigenvalue weighted by Gasteiger charge is 2.39. The van der Waals surface area contributed by atoms with Crippen LogP contribution >= 0.6 is 0 Å². The lowest BCUT2D eigenvalue weighted by Crippen LogP contribution is -2.51. The van der Waals surface area contributed by atoms with Crippen molar-refractivity contribution in [2.24, 2.45) is 0 Å². The summed E-state index contributed by atoms with van der Waals surface area (Å²) >= 11 is 0. The van der Waals surface area contributed by atoms with Gasteiger partial charge in [0, 0.05) is 26.3 Å². The van der Waals surface area contributed by atoms with Crippen molar-refractivity contribution in [1.29, 1.82) is 0 Å². The lowest BCUT2D eigenvalue weighted by molar-refractivity contribution is 0.0531. The normalized spacial score (nSPS) is 21.4. The topological polar surface area (TPSA) is 169 Å². The fourth-order valence-electron chi connectivity index (χ4n) is 4.84. The molecule has 17 heteroatoms. The number of ether oxygens (including phenoxy) is 4. The van der Waals surface area contributed by atoms with Gasteiger partial charge in [0.05, 0.1) is 32.7 Å². The zero-order valence-corrected chi connectivity index (χ0v) is 23.0. The van der Waals surface area contributed by atoms with Gasteiger partial charge in [-0.2, -0.15) is 9.97 Å². The van der Waals surface area contributed by atoms with Gasteiger partial charge in [-0.15, -0.1) is 10.2 Å². The molecule has 0 bridgehead atoms. The van der Waals surface area contributed by atoms with Crippen LogP contribution < -0.4 is 19.1 Å². The maximum Gasteiger partial charge on any atom is 0.245 e. The number of rotatable bonds is 10. The Morgan fingerprint density at radius 3 is 2.45 bits per heavy atom. The van der Waals surface area contributed by atoms with Crippen LogP contribution in [0.3, 0.4) is 0 Å². The first-order chi connectivity index (χ1) is 19.3. The van der Waals surface area contributed by atoms with E-state index in [1.807, 2.05) is 6.92 Å². The van der Waals surface area contributed by atoms with Gasteiger partial charge in [0.15, 0.2) is 17.3 Å². The van der Waals surface area contributed by atoms with Crippen LogP contribution in [-0.2, 0) is 19.5 Å². The summed E-state index contributed by atoms with van der Waals surface area (Å²) in [6, 6.07) is 0. The molecule has 1 N–H and O–H groups in total. The van der Waals surface area contributed by atoms with E-state index in [1.54, 1.807) is 4.90 Å². The molecule has 216 valence electrons. The Kier molecular flexibility index (Phi) is 8.22. The number of sulfonamides is 1. The standard InChI is InChI=1S/C23H30FN9O6S/c1-4-38-15-8-16(12-32(11-15)22-25-9-14(24)10-26-22)40(34,35)31-23-30-29-19(17-6-5-7-39-17)33(23)18-20(36-2)27-13-28-21(18)37-3/h9-10,13,15-17H,4-8,11-12H2,1-3H3,(H,30,31)/t15-,16+,17+/m0/s1. The van der Waals surface area contributed by atoms with Gasteiger partial charge in [0.2, 0.25) is 33.7 Å². The van der Waals surface area contributed by atoms with Crippen LogP contribution in [0.1, 0.15) is 38.1 Å². The largest absolute Gasteiger partial charge is 0.479 e. The minimum atomic E-state index is -4.10. The fourth-order valence-corrected chi connectivity index (χ4v) is 6.24. The summed E-state index contributed by atoms with van der Waals surface area (Å²) in [7, 11) is -1.26. The second-order valence-electron chi connectivity index (χ2n) is 9.15. The number of aromatic nitrogens is 7. The predicted octanol–water partition coefficient (Wildman–Crippen LogP) is 1.28. The molecule has 3 aromatic heterocycles. The van der Waals surface area contributed by atoms with E-state index in [-0.39, 0.29) is 42.3 Å². The van der Waals surface area contributed by atoms with Crippen LogP contribution in [0.4, 0.5) is 16.3 Å². The number of anilines is 2. The van der Waals surface area contributed by atoms with E-state index in [9.17, 15) is 12.8 Å². The van der Waals surface area contributed by atoms with Crippen molar-refractivity contribution >= 4 is 21.9 Å². The van der Waals surface area contributed by atoms with E-state index < -0.39 is 33.3 Å². The third kappa shape index (κ3) is 5.62. The highest BCUT2D eigenvalue weighted by Crippen LogP contribution is 2.37. The summed E-state index contributed by atoms with van der Waals surface area (Å²) in [6.07, 6.45) is 4.13. The minimum Gasteiger partial charge on any atom is -0.479 e. The zero-order chi connectivity index (χ0) is 28.3. The Hall–Kier alpha value is -3.70. The molecule has 0 aliphatic carbocycles. The molecule has 3 aromatic rings. The van der Waals surface area contributed by atoms with Gasteiger partial charge in [-0.05, 0) is 26.2 Å². The van der Waals surface area contributed by atoms with E-state index in [2.05, 4.69) is 34.9 Å². The van der Waals surface area contributed by atoms with Gasteiger partial charge >= 0.3 is 0 Å². The Balaban J connectivity index is 1.52. The molecule has 0 amide bonds. The first-order valence-electron chi connectivity index (χ1n) is 12.7. The van der Waals surface area contributed by atoms with Gasteiger partial charge in [-0.1, -0.05) is 0 Å².